The Morgan fingerprint density at radius 3 is 2.59 bits per heavy atom. The molecule has 1 fully saturated rings. The van der Waals surface area contributed by atoms with Crippen LogP contribution in [0, 0.1) is 5.41 Å². The number of halogens is 2. The van der Waals surface area contributed by atoms with Crippen LogP contribution >= 0.6 is 24.8 Å². The summed E-state index contributed by atoms with van der Waals surface area (Å²) in [5, 5.41) is 3.22. The highest BCUT2D eigenvalue weighted by Crippen LogP contribution is 2.31. The molecule has 1 saturated heterocycles. The van der Waals surface area contributed by atoms with E-state index in [0.29, 0.717) is 18.7 Å². The van der Waals surface area contributed by atoms with Gasteiger partial charge in [0.05, 0.1) is 11.1 Å². The Kier molecular flexibility index (Phi) is 6.35. The van der Waals surface area contributed by atoms with Gasteiger partial charge in [0.2, 0.25) is 0 Å². The van der Waals surface area contributed by atoms with Crippen molar-refractivity contribution < 1.29 is 4.79 Å². The number of rotatable bonds is 1. The van der Waals surface area contributed by atoms with E-state index >= 15 is 0 Å². The van der Waals surface area contributed by atoms with Crippen molar-refractivity contribution in [3.05, 3.63) is 54.2 Å². The number of hydrogen-bond acceptors (Lipinski definition) is 3. The fraction of sp³-hybridized carbons (Fsp3) is 0.333. The van der Waals surface area contributed by atoms with Gasteiger partial charge in [0.15, 0.2) is 0 Å². The number of piperidine rings is 1. The zero-order valence-electron chi connectivity index (χ0n) is 15.5. The summed E-state index contributed by atoms with van der Waals surface area (Å²) in [7, 11) is 0. The normalized spacial score (nSPS) is 18.6. The van der Waals surface area contributed by atoms with Gasteiger partial charge in [0.25, 0.3) is 5.91 Å². The smallest absolute Gasteiger partial charge is 0.256 e. The summed E-state index contributed by atoms with van der Waals surface area (Å²) < 4.78 is 0. The third-order valence-corrected chi connectivity index (χ3v) is 5.44. The third-order valence-electron chi connectivity index (χ3n) is 5.44. The van der Waals surface area contributed by atoms with E-state index in [-0.39, 0.29) is 42.2 Å². The molecule has 1 aromatic heterocycles. The zero-order valence-corrected chi connectivity index (χ0v) is 17.1. The second kappa shape index (κ2) is 8.01. The first-order valence-electron chi connectivity index (χ1n) is 8.79. The van der Waals surface area contributed by atoms with Gasteiger partial charge >= 0.3 is 0 Å². The maximum absolute atomic E-state index is 13.3. The first kappa shape index (κ1) is 21.4. The minimum absolute atomic E-state index is 0. The Bertz CT molecular complexity index is 974. The fourth-order valence-corrected chi connectivity index (χ4v) is 3.81. The Hall–Kier alpha value is -1.88. The lowest BCUT2D eigenvalue weighted by Crippen LogP contribution is -2.54. The maximum Gasteiger partial charge on any atom is 0.256 e. The number of nitrogens with two attached hydrogens (primary N) is 1. The minimum Gasteiger partial charge on any atom is -0.338 e. The number of hydrogen-bond donors (Lipinski definition) is 1. The highest BCUT2D eigenvalue weighted by atomic mass is 35.5. The van der Waals surface area contributed by atoms with Crippen LogP contribution in [-0.2, 0) is 0 Å². The van der Waals surface area contributed by atoms with E-state index in [1.165, 1.54) is 0 Å². The van der Waals surface area contributed by atoms with E-state index in [9.17, 15) is 4.79 Å². The summed E-state index contributed by atoms with van der Waals surface area (Å²) >= 11 is 0. The average molecular weight is 406 g/mol. The summed E-state index contributed by atoms with van der Waals surface area (Å²) in [6, 6.07) is 14.2. The zero-order chi connectivity index (χ0) is 17.6. The average Bonchev–Trinajstić information content (AvgIpc) is 2.62. The third kappa shape index (κ3) is 3.75. The molecule has 0 radical (unpaired) electrons. The number of nitrogens with zero attached hydrogens (tertiary/aromatic N) is 2. The number of carbonyl (C=O) groups is 1. The highest BCUT2D eigenvalue weighted by molar-refractivity contribution is 6.15. The molecule has 0 bridgehead atoms. The molecular weight excluding hydrogens is 381 g/mol. The van der Waals surface area contributed by atoms with Crippen LogP contribution < -0.4 is 5.73 Å². The second-order valence-corrected chi connectivity index (χ2v) is 7.66. The van der Waals surface area contributed by atoms with Crippen molar-refractivity contribution in [1.29, 1.82) is 0 Å². The Balaban J connectivity index is 0.00000131. The van der Waals surface area contributed by atoms with Crippen molar-refractivity contribution >= 4 is 52.4 Å². The largest absolute Gasteiger partial charge is 0.338 e. The maximum atomic E-state index is 13.3. The predicted molar refractivity (Wildman–Crippen MR) is 116 cm³/mol. The van der Waals surface area contributed by atoms with Gasteiger partial charge < -0.3 is 10.6 Å². The van der Waals surface area contributed by atoms with Crippen LogP contribution in [0.2, 0.25) is 0 Å². The van der Waals surface area contributed by atoms with Gasteiger partial charge in [-0.25, -0.2) is 0 Å². The van der Waals surface area contributed by atoms with Gasteiger partial charge in [-0.15, -0.1) is 24.8 Å². The van der Waals surface area contributed by atoms with Gasteiger partial charge in [-0.3, -0.25) is 9.78 Å². The molecule has 6 heteroatoms. The fourth-order valence-electron chi connectivity index (χ4n) is 3.81. The van der Waals surface area contributed by atoms with Crippen molar-refractivity contribution in [1.82, 2.24) is 9.88 Å². The van der Waals surface area contributed by atoms with E-state index in [4.69, 9.17) is 5.73 Å². The lowest BCUT2D eigenvalue weighted by atomic mass is 9.79. The summed E-state index contributed by atoms with van der Waals surface area (Å²) in [6.45, 7) is 5.64. The highest BCUT2D eigenvalue weighted by Gasteiger charge is 2.36. The molecule has 27 heavy (non-hydrogen) atoms. The van der Waals surface area contributed by atoms with Crippen LogP contribution in [-0.4, -0.2) is 34.9 Å². The molecule has 4 nitrogen and oxygen atoms in total. The van der Waals surface area contributed by atoms with Crippen LogP contribution in [0.5, 0.6) is 0 Å². The molecule has 1 aliphatic heterocycles. The van der Waals surface area contributed by atoms with Crippen molar-refractivity contribution in [2.75, 3.05) is 13.1 Å². The monoisotopic (exact) mass is 405 g/mol. The minimum atomic E-state index is -0.0754. The van der Waals surface area contributed by atoms with E-state index in [1.807, 2.05) is 35.2 Å². The summed E-state index contributed by atoms with van der Waals surface area (Å²) in [5.74, 6) is 0.0504. The van der Waals surface area contributed by atoms with E-state index in [1.54, 1.807) is 6.20 Å². The van der Waals surface area contributed by atoms with E-state index in [2.05, 4.69) is 31.0 Å². The van der Waals surface area contributed by atoms with E-state index < -0.39 is 0 Å². The molecule has 1 atom stereocenters. The lowest BCUT2D eigenvalue weighted by molar-refractivity contribution is 0.0535. The van der Waals surface area contributed by atoms with Crippen LogP contribution in [0.1, 0.15) is 30.6 Å². The number of likely N-dealkylation sites (tertiary alicyclic amines) is 1. The first-order chi connectivity index (χ1) is 12.0. The van der Waals surface area contributed by atoms with Crippen molar-refractivity contribution in [3.8, 4) is 0 Å². The molecule has 1 amide bonds. The lowest BCUT2D eigenvalue weighted by Gasteiger charge is -2.42. The molecule has 0 saturated carbocycles. The first-order valence-corrected chi connectivity index (χ1v) is 8.79. The van der Waals surface area contributed by atoms with Gasteiger partial charge in [-0.05, 0) is 34.7 Å². The quantitative estimate of drug-likeness (QED) is 0.609. The molecule has 144 valence electrons. The van der Waals surface area contributed by atoms with Crippen molar-refractivity contribution in [2.45, 2.75) is 26.3 Å². The summed E-state index contributed by atoms with van der Waals surface area (Å²) in [5.41, 5.74) is 7.61. The molecule has 1 aliphatic rings. The topological polar surface area (TPSA) is 59.2 Å². The summed E-state index contributed by atoms with van der Waals surface area (Å²) in [4.78, 5) is 19.8. The van der Waals surface area contributed by atoms with Gasteiger partial charge in [0.1, 0.15) is 0 Å². The standard InChI is InChI=1S/C21H23N3O.2ClH/c1-21(2)13-24(11-9-18(21)22)20(25)17-12-14-6-3-4-7-15(14)16-8-5-10-23-19(16)17;;/h3-8,10,12,18H,9,11,13,22H2,1-2H3;2*1H. The summed E-state index contributed by atoms with van der Waals surface area (Å²) in [6.07, 6.45) is 2.58. The van der Waals surface area contributed by atoms with Gasteiger partial charge in [-0.1, -0.05) is 44.2 Å². The Morgan fingerprint density at radius 2 is 1.85 bits per heavy atom. The molecule has 2 N–H and O–H groups in total. The second-order valence-electron chi connectivity index (χ2n) is 7.66. The van der Waals surface area contributed by atoms with E-state index in [0.717, 1.165) is 28.1 Å². The van der Waals surface area contributed by atoms with Crippen LogP contribution in [0.15, 0.2) is 48.7 Å². The molecule has 1 unspecified atom stereocenters. The van der Waals surface area contributed by atoms with Gasteiger partial charge in [-0.2, -0.15) is 0 Å². The number of fused-ring (bicyclic) bond motifs is 3. The molecule has 0 aliphatic carbocycles. The number of pyridine rings is 1. The molecule has 2 heterocycles. The SMILES string of the molecule is CC1(C)CN(C(=O)c2cc3ccccc3c3cccnc23)CCC1N.Cl.Cl. The molecule has 0 spiro atoms. The molecule has 2 aromatic carbocycles. The van der Waals surface area contributed by atoms with Gasteiger partial charge in [0, 0.05) is 30.7 Å². The number of aromatic nitrogens is 1. The molecule has 4 rings (SSSR count). The molecule has 3 aromatic rings. The Labute approximate surface area is 171 Å². The van der Waals surface area contributed by atoms with Crippen molar-refractivity contribution in [2.24, 2.45) is 11.1 Å². The van der Waals surface area contributed by atoms with Crippen LogP contribution in [0.4, 0.5) is 0 Å². The number of amides is 1. The van der Waals surface area contributed by atoms with Crippen LogP contribution in [0.3, 0.4) is 0 Å². The van der Waals surface area contributed by atoms with Crippen LogP contribution in [0.25, 0.3) is 21.7 Å². The Morgan fingerprint density at radius 1 is 1.15 bits per heavy atom. The molecular formula is C21H25Cl2N3O. The number of carbonyl (C=O) groups excluding carboxylic acids is 1. The van der Waals surface area contributed by atoms with Crippen molar-refractivity contribution in [3.63, 3.8) is 0 Å². The number of benzene rings is 2. The predicted octanol–water partition coefficient (Wildman–Crippen LogP) is 4.43.